The Morgan fingerprint density at radius 3 is 0.556 bits per heavy atom. The second-order valence-corrected chi connectivity index (χ2v) is 3.34. The zero-order valence-electron chi connectivity index (χ0n) is 2.65. The molecule has 0 aromatic heterocycles. The Hall–Kier alpha value is 3.37. The molecule has 9 heavy (non-hydrogen) atoms. The molecule has 0 fully saturated rings. The fraction of sp³-hybridized carbons (Fsp3) is 0. The van der Waals surface area contributed by atoms with Gasteiger partial charge in [0.05, 0.1) is 0 Å². The molecule has 0 aromatic rings. The van der Waals surface area contributed by atoms with Gasteiger partial charge >= 0.3 is 138 Å². The Balaban J connectivity index is -0.000000180. The third kappa shape index (κ3) is 87.8. The van der Waals surface area contributed by atoms with Crippen molar-refractivity contribution in [2.24, 2.45) is 0 Å². The zero-order chi connectivity index (χ0) is 6.41. The molecule has 0 bridgehead atoms. The molecule has 0 nitrogen and oxygen atoms in total. The van der Waals surface area contributed by atoms with Crippen molar-refractivity contribution in [1.29, 1.82) is 0 Å². The molecular weight excluding hydrogens is 247 g/mol. The van der Waals surface area contributed by atoms with Gasteiger partial charge < -0.3 is 0 Å². The monoisotopic (exact) mass is 249 g/mol. The van der Waals surface area contributed by atoms with Crippen molar-refractivity contribution in [3.63, 3.8) is 0 Å². The van der Waals surface area contributed by atoms with E-state index in [2.05, 4.69) is 0 Å². The van der Waals surface area contributed by atoms with Crippen LogP contribution >= 0.6 is 0 Å². The summed E-state index contributed by atoms with van der Waals surface area (Å²) in [6, 6.07) is 0. The van der Waals surface area contributed by atoms with Gasteiger partial charge in [-0.15, -0.1) is 0 Å². The van der Waals surface area contributed by atoms with Gasteiger partial charge in [0, 0.05) is 0 Å². The molecule has 0 heterocycles. The van der Waals surface area contributed by atoms with E-state index in [0.717, 1.165) is 0 Å². The first-order valence-electron chi connectivity index (χ1n) is 0.857. The topological polar surface area (TPSA) is 0 Å². The molecule has 0 radical (unpaired) electrons. The third-order valence-electron chi connectivity index (χ3n) is 0. The quantitative estimate of drug-likeness (QED) is 0.447. The summed E-state index contributed by atoms with van der Waals surface area (Å²) in [7, 11) is 0. The molecule has 0 N–H and O–H groups in total. The van der Waals surface area contributed by atoms with Gasteiger partial charge in [-0.25, -0.2) is 0 Å². The van der Waals surface area contributed by atoms with Gasteiger partial charge in [0.2, 0.25) is 0 Å². The summed E-state index contributed by atoms with van der Waals surface area (Å²) >= 11 is -10.9. The van der Waals surface area contributed by atoms with E-state index in [9.17, 15) is 21.3 Å². The summed E-state index contributed by atoms with van der Waals surface area (Å²) in [4.78, 5) is 0. The van der Waals surface area contributed by atoms with Crippen molar-refractivity contribution in [3.8, 4) is 0 Å². The van der Waals surface area contributed by atoms with Gasteiger partial charge in [0.15, 0.2) is 0 Å². The number of hydrogen-bond donors (Lipinski definition) is 0. The maximum atomic E-state index is 9.89. The number of hydrogen-bond acceptors (Lipinski definition) is 0. The van der Waals surface area contributed by atoms with Gasteiger partial charge in [-0.05, 0) is 0 Å². The van der Waals surface area contributed by atoms with Crippen molar-refractivity contribution in [3.05, 3.63) is 0 Å². The van der Waals surface area contributed by atoms with Gasteiger partial charge in [-0.3, -0.25) is 0 Å². The van der Waals surface area contributed by atoms with E-state index in [-0.39, 0.29) is 103 Å². The van der Waals surface area contributed by atoms with E-state index < -0.39 is 13.5 Å². The number of rotatable bonds is 0. The van der Waals surface area contributed by atoms with Crippen molar-refractivity contribution in [2.75, 3.05) is 0 Å². The molecule has 0 atom stereocenters. The van der Waals surface area contributed by atoms with Crippen LogP contribution in [0.3, 0.4) is 0 Å². The minimum atomic E-state index is -10.9. The Kier molecular flexibility index (Phi) is 7.34. The molecule has 0 spiro atoms. The average Bonchev–Trinajstić information content (AvgIpc) is 0.592. The minimum absolute atomic E-state index is 0. The van der Waals surface area contributed by atoms with E-state index in [1.165, 1.54) is 0 Å². The predicted octanol–water partition coefficient (Wildman–Crippen LogP) is 1.22. The van der Waals surface area contributed by atoms with Crippen LogP contribution in [0.15, 0.2) is 0 Å². The standard InChI is InChI=1S/6FH.2K.Mn.2H/h6*1H;;;;;/q;;;;;;;;+6;;/p-6. The molecule has 0 aliphatic heterocycles. The summed E-state index contributed by atoms with van der Waals surface area (Å²) in [5.41, 5.74) is 0. The molecule has 0 aliphatic carbocycles. The molecule has 0 amide bonds. The van der Waals surface area contributed by atoms with Crippen LogP contribution in [0.4, 0.5) is 21.3 Å². The van der Waals surface area contributed by atoms with Gasteiger partial charge in [0.1, 0.15) is 0 Å². The molecule has 0 aromatic carbocycles. The summed E-state index contributed by atoms with van der Waals surface area (Å²) in [5.74, 6) is 0. The predicted molar refractivity (Wildman–Crippen MR) is 20.9 cm³/mol. The Labute approximate surface area is 134 Å². The first-order chi connectivity index (χ1) is 2.45. The van der Waals surface area contributed by atoms with Crippen LogP contribution in [0.1, 0.15) is 0 Å². The summed E-state index contributed by atoms with van der Waals surface area (Å²) in [6.07, 6.45) is 0. The van der Waals surface area contributed by atoms with Gasteiger partial charge in [-0.1, -0.05) is 0 Å². The Bertz CT molecular complexity index is 69.6. The van der Waals surface area contributed by atoms with E-state index >= 15 is 0 Å². The zero-order valence-corrected chi connectivity index (χ0v) is 3.83. The molecule has 9 heteroatoms. The van der Waals surface area contributed by atoms with Crippen molar-refractivity contribution in [2.45, 2.75) is 0 Å². The second kappa shape index (κ2) is 3.62. The van der Waals surface area contributed by atoms with Crippen LogP contribution < -0.4 is 0 Å². The van der Waals surface area contributed by atoms with E-state index in [1.807, 2.05) is 0 Å². The molecule has 0 aliphatic rings. The van der Waals surface area contributed by atoms with Crippen molar-refractivity contribution in [1.82, 2.24) is 0 Å². The van der Waals surface area contributed by atoms with E-state index in [0.29, 0.717) is 0 Å². The molecule has 0 saturated heterocycles. The maximum absolute atomic E-state index is 10.9. The fourth-order valence-corrected chi connectivity index (χ4v) is 0. The fourth-order valence-electron chi connectivity index (χ4n) is 0. The SMILES string of the molecule is [F][Mn]([F])([F])([F])([F])[F].[KH].[KH]. The second-order valence-electron chi connectivity index (χ2n) is 0.810. The number of halogens is 6. The van der Waals surface area contributed by atoms with Crippen LogP contribution in [-0.4, -0.2) is 103 Å². The molecule has 0 saturated carbocycles. The molecular formula is H2F6K2Mn. The van der Waals surface area contributed by atoms with Crippen LogP contribution in [0, 0.1) is 0 Å². The normalized spacial score (nSPS) is 18.0. The summed E-state index contributed by atoms with van der Waals surface area (Å²) < 4.78 is 59.3. The average molecular weight is 249 g/mol. The Morgan fingerprint density at radius 2 is 0.556 bits per heavy atom. The Morgan fingerprint density at radius 1 is 0.556 bits per heavy atom. The van der Waals surface area contributed by atoms with Crippen LogP contribution in [0.25, 0.3) is 0 Å². The first kappa shape index (κ1) is 18.2. The molecule has 53 valence electrons. The van der Waals surface area contributed by atoms with Crippen molar-refractivity contribution < 1.29 is 34.8 Å². The van der Waals surface area contributed by atoms with Crippen LogP contribution in [0.2, 0.25) is 0 Å². The summed E-state index contributed by atoms with van der Waals surface area (Å²) in [6.45, 7) is 0. The van der Waals surface area contributed by atoms with E-state index in [1.54, 1.807) is 0 Å². The third-order valence-corrected chi connectivity index (χ3v) is 0. The molecule has 0 rings (SSSR count). The van der Waals surface area contributed by atoms with Crippen molar-refractivity contribution >= 4 is 103 Å². The van der Waals surface area contributed by atoms with Crippen LogP contribution in [-0.2, 0) is 13.5 Å². The van der Waals surface area contributed by atoms with Gasteiger partial charge in [0.25, 0.3) is 0 Å². The van der Waals surface area contributed by atoms with Gasteiger partial charge in [-0.2, -0.15) is 0 Å². The molecule has 0 unspecified atom stereocenters. The summed E-state index contributed by atoms with van der Waals surface area (Å²) in [5, 5.41) is 0. The van der Waals surface area contributed by atoms with Crippen LogP contribution in [0.5, 0.6) is 0 Å². The van der Waals surface area contributed by atoms with E-state index in [4.69, 9.17) is 0 Å². The first-order valence-corrected chi connectivity index (χ1v) is 3.53.